The fourth-order valence-corrected chi connectivity index (χ4v) is 2.00. The summed E-state index contributed by atoms with van der Waals surface area (Å²) in [7, 11) is 0. The SMILES string of the molecule is CCCNc1nc(Cl)nc(Oc2cc(Br)ccc2Cl)n1. The third-order valence-electron chi connectivity index (χ3n) is 2.22. The predicted molar refractivity (Wildman–Crippen MR) is 82.8 cm³/mol. The summed E-state index contributed by atoms with van der Waals surface area (Å²) < 4.78 is 6.38. The summed E-state index contributed by atoms with van der Waals surface area (Å²) in [6, 6.07) is 5.33. The van der Waals surface area contributed by atoms with Gasteiger partial charge in [0.15, 0.2) is 5.75 Å². The lowest BCUT2D eigenvalue weighted by atomic mass is 10.3. The molecule has 2 aromatic rings. The largest absolute Gasteiger partial charge is 0.423 e. The first-order valence-electron chi connectivity index (χ1n) is 5.87. The van der Waals surface area contributed by atoms with Crippen molar-refractivity contribution in [1.82, 2.24) is 15.0 Å². The van der Waals surface area contributed by atoms with E-state index < -0.39 is 0 Å². The maximum Gasteiger partial charge on any atom is 0.328 e. The van der Waals surface area contributed by atoms with E-state index in [1.165, 1.54) is 0 Å². The zero-order chi connectivity index (χ0) is 14.5. The summed E-state index contributed by atoms with van der Waals surface area (Å²) in [5.41, 5.74) is 0. The van der Waals surface area contributed by atoms with Gasteiger partial charge in [-0.05, 0) is 36.2 Å². The van der Waals surface area contributed by atoms with Gasteiger partial charge in [-0.15, -0.1) is 0 Å². The first-order chi connectivity index (χ1) is 9.58. The Balaban J connectivity index is 2.24. The van der Waals surface area contributed by atoms with Crippen LogP contribution in [0.3, 0.4) is 0 Å². The van der Waals surface area contributed by atoms with Crippen LogP contribution in [0, 0.1) is 0 Å². The highest BCUT2D eigenvalue weighted by Gasteiger charge is 2.09. The minimum Gasteiger partial charge on any atom is -0.423 e. The van der Waals surface area contributed by atoms with Crippen molar-refractivity contribution in [3.8, 4) is 11.8 Å². The first kappa shape index (κ1) is 15.3. The number of hydrogen-bond donors (Lipinski definition) is 1. The van der Waals surface area contributed by atoms with Crippen molar-refractivity contribution in [2.24, 2.45) is 0 Å². The molecule has 0 bridgehead atoms. The molecule has 0 saturated heterocycles. The minimum absolute atomic E-state index is 0.0553. The van der Waals surface area contributed by atoms with Crippen molar-refractivity contribution in [1.29, 1.82) is 0 Å². The van der Waals surface area contributed by atoms with E-state index in [1.54, 1.807) is 12.1 Å². The summed E-state index contributed by atoms with van der Waals surface area (Å²) in [6.45, 7) is 2.77. The number of benzene rings is 1. The van der Waals surface area contributed by atoms with E-state index >= 15 is 0 Å². The molecule has 1 aromatic carbocycles. The zero-order valence-electron chi connectivity index (χ0n) is 10.5. The third-order valence-corrected chi connectivity index (χ3v) is 3.19. The topological polar surface area (TPSA) is 59.9 Å². The average molecular weight is 378 g/mol. The number of anilines is 1. The number of hydrogen-bond acceptors (Lipinski definition) is 5. The lowest BCUT2D eigenvalue weighted by molar-refractivity contribution is 0.440. The van der Waals surface area contributed by atoms with E-state index in [1.807, 2.05) is 13.0 Å². The van der Waals surface area contributed by atoms with E-state index in [4.69, 9.17) is 27.9 Å². The molecule has 1 heterocycles. The second-order valence-corrected chi connectivity index (χ2v) is 5.48. The quantitative estimate of drug-likeness (QED) is 0.827. The molecular weight excluding hydrogens is 367 g/mol. The maximum absolute atomic E-state index is 6.04. The van der Waals surface area contributed by atoms with Crippen molar-refractivity contribution < 1.29 is 4.74 Å². The molecular formula is C12H11BrCl2N4O. The lowest BCUT2D eigenvalue weighted by Gasteiger charge is -2.08. The van der Waals surface area contributed by atoms with Crippen LogP contribution >= 0.6 is 39.1 Å². The lowest BCUT2D eigenvalue weighted by Crippen LogP contribution is -2.06. The number of aromatic nitrogens is 3. The smallest absolute Gasteiger partial charge is 0.328 e. The van der Waals surface area contributed by atoms with Gasteiger partial charge >= 0.3 is 6.01 Å². The van der Waals surface area contributed by atoms with Crippen LogP contribution in [-0.4, -0.2) is 21.5 Å². The fourth-order valence-electron chi connectivity index (χ4n) is 1.35. The Morgan fingerprint density at radius 3 is 2.80 bits per heavy atom. The molecule has 0 spiro atoms. The van der Waals surface area contributed by atoms with Crippen molar-refractivity contribution in [2.75, 3.05) is 11.9 Å². The van der Waals surface area contributed by atoms with Gasteiger partial charge in [0.1, 0.15) is 0 Å². The van der Waals surface area contributed by atoms with Crippen LogP contribution < -0.4 is 10.1 Å². The number of rotatable bonds is 5. The van der Waals surface area contributed by atoms with Gasteiger partial charge in [-0.2, -0.15) is 15.0 Å². The molecule has 0 aliphatic heterocycles. The highest BCUT2D eigenvalue weighted by molar-refractivity contribution is 9.10. The molecule has 0 atom stereocenters. The molecule has 0 amide bonds. The Morgan fingerprint density at radius 2 is 2.05 bits per heavy atom. The van der Waals surface area contributed by atoms with Crippen molar-refractivity contribution in [3.05, 3.63) is 33.0 Å². The van der Waals surface area contributed by atoms with Crippen LogP contribution in [0.1, 0.15) is 13.3 Å². The summed E-state index contributed by atoms with van der Waals surface area (Å²) >= 11 is 15.2. The average Bonchev–Trinajstić information content (AvgIpc) is 2.40. The van der Waals surface area contributed by atoms with Crippen LogP contribution in [0.4, 0.5) is 5.95 Å². The molecule has 0 saturated carbocycles. The van der Waals surface area contributed by atoms with Gasteiger partial charge in [0, 0.05) is 11.0 Å². The second kappa shape index (κ2) is 7.06. The Labute approximate surface area is 134 Å². The molecule has 0 aliphatic carbocycles. The molecule has 2 rings (SSSR count). The predicted octanol–water partition coefficient (Wildman–Crippen LogP) is 4.56. The van der Waals surface area contributed by atoms with E-state index in [0.717, 1.165) is 17.4 Å². The molecule has 8 heteroatoms. The maximum atomic E-state index is 6.04. The van der Waals surface area contributed by atoms with Gasteiger partial charge in [-0.1, -0.05) is 34.5 Å². The normalized spacial score (nSPS) is 10.4. The van der Waals surface area contributed by atoms with Gasteiger partial charge in [-0.25, -0.2) is 0 Å². The molecule has 1 N–H and O–H groups in total. The summed E-state index contributed by atoms with van der Waals surface area (Å²) in [4.78, 5) is 12.0. The van der Waals surface area contributed by atoms with Crippen LogP contribution in [0.5, 0.6) is 11.8 Å². The Bertz CT molecular complexity index is 612. The van der Waals surface area contributed by atoms with Gasteiger partial charge in [0.05, 0.1) is 5.02 Å². The minimum atomic E-state index is 0.0553. The van der Waals surface area contributed by atoms with Crippen LogP contribution in [0.25, 0.3) is 0 Å². The second-order valence-electron chi connectivity index (χ2n) is 3.81. The van der Waals surface area contributed by atoms with Crippen LogP contribution in [0.2, 0.25) is 10.3 Å². The number of halogens is 3. The molecule has 1 aromatic heterocycles. The highest BCUT2D eigenvalue weighted by atomic mass is 79.9. The molecule has 20 heavy (non-hydrogen) atoms. The fraction of sp³-hybridized carbons (Fsp3) is 0.250. The Morgan fingerprint density at radius 1 is 1.25 bits per heavy atom. The molecule has 106 valence electrons. The summed E-state index contributed by atoms with van der Waals surface area (Å²) in [5, 5.41) is 3.53. The van der Waals surface area contributed by atoms with Crippen molar-refractivity contribution >= 4 is 45.1 Å². The Hall–Kier alpha value is -1.11. The third kappa shape index (κ3) is 4.19. The molecule has 0 radical (unpaired) electrons. The van der Waals surface area contributed by atoms with Gasteiger partial charge in [0.2, 0.25) is 11.2 Å². The van der Waals surface area contributed by atoms with Gasteiger partial charge in [0.25, 0.3) is 0 Å². The van der Waals surface area contributed by atoms with Gasteiger partial charge < -0.3 is 10.1 Å². The molecule has 0 aliphatic rings. The molecule has 5 nitrogen and oxygen atoms in total. The van der Waals surface area contributed by atoms with Crippen LogP contribution in [0.15, 0.2) is 22.7 Å². The van der Waals surface area contributed by atoms with Gasteiger partial charge in [-0.3, -0.25) is 0 Å². The summed E-state index contributed by atoms with van der Waals surface area (Å²) in [6.07, 6.45) is 0.941. The molecule has 0 fully saturated rings. The highest BCUT2D eigenvalue weighted by Crippen LogP contribution is 2.31. The van der Waals surface area contributed by atoms with Crippen molar-refractivity contribution in [3.63, 3.8) is 0 Å². The van der Waals surface area contributed by atoms with E-state index in [9.17, 15) is 0 Å². The number of nitrogens with zero attached hydrogens (tertiary/aromatic N) is 3. The van der Waals surface area contributed by atoms with E-state index in [2.05, 4.69) is 36.2 Å². The van der Waals surface area contributed by atoms with E-state index in [0.29, 0.717) is 16.7 Å². The molecule has 0 unspecified atom stereocenters. The number of nitrogens with one attached hydrogen (secondary N) is 1. The zero-order valence-corrected chi connectivity index (χ0v) is 13.6. The Kier molecular flexibility index (Phi) is 5.39. The van der Waals surface area contributed by atoms with E-state index in [-0.39, 0.29) is 11.3 Å². The first-order valence-corrected chi connectivity index (χ1v) is 7.41. The summed E-state index contributed by atoms with van der Waals surface area (Å²) in [5.74, 6) is 0.803. The van der Waals surface area contributed by atoms with Crippen LogP contribution in [-0.2, 0) is 0 Å². The monoisotopic (exact) mass is 376 g/mol. The number of ether oxygens (including phenoxy) is 1. The standard InChI is InChI=1S/C12H11BrCl2N4O/c1-2-5-16-11-17-10(15)18-12(19-11)20-9-6-7(13)3-4-8(9)14/h3-4,6H,2,5H2,1H3,(H,16,17,18,19). The van der Waals surface area contributed by atoms with Crippen molar-refractivity contribution in [2.45, 2.75) is 13.3 Å².